The molecule has 4 nitrogen and oxygen atoms in total. The van der Waals surface area contributed by atoms with E-state index in [-0.39, 0.29) is 17.6 Å². The molecule has 2 rings (SSSR count). The molecule has 0 aromatic carbocycles. The second kappa shape index (κ2) is 7.23. The molecular formula is C17H31NO3. The number of aliphatic hydroxyl groups is 2. The topological polar surface area (TPSA) is 61.7 Å². The first-order chi connectivity index (χ1) is 9.91. The molecule has 4 heteroatoms. The molecule has 0 amide bonds. The van der Waals surface area contributed by atoms with Crippen LogP contribution in [-0.4, -0.2) is 48.2 Å². The summed E-state index contributed by atoms with van der Waals surface area (Å²) in [5.74, 6) is 1.25. The molecule has 0 aliphatic heterocycles. The quantitative estimate of drug-likeness (QED) is 0.626. The summed E-state index contributed by atoms with van der Waals surface area (Å²) in [6.45, 7) is 8.02. The maximum Gasteiger partial charge on any atom is 0.0897 e. The molecule has 5 atom stereocenters. The van der Waals surface area contributed by atoms with E-state index in [1.54, 1.807) is 0 Å². The van der Waals surface area contributed by atoms with Crippen LogP contribution in [0.4, 0.5) is 0 Å². The van der Waals surface area contributed by atoms with E-state index < -0.39 is 6.10 Å². The highest BCUT2D eigenvalue weighted by atomic mass is 16.5. The molecule has 1 fully saturated rings. The van der Waals surface area contributed by atoms with Crippen molar-refractivity contribution in [2.45, 2.75) is 58.3 Å². The van der Waals surface area contributed by atoms with Crippen LogP contribution in [0.1, 0.15) is 40.0 Å². The fraction of sp³-hybridized carbons (Fsp3) is 0.882. The molecule has 0 spiro atoms. The first-order valence-electron chi connectivity index (χ1n) is 8.23. The van der Waals surface area contributed by atoms with Crippen LogP contribution in [0.2, 0.25) is 0 Å². The lowest BCUT2D eigenvalue weighted by Crippen LogP contribution is -2.61. The van der Waals surface area contributed by atoms with Crippen molar-refractivity contribution >= 4 is 0 Å². The molecule has 0 bridgehead atoms. The third-order valence-electron chi connectivity index (χ3n) is 5.38. The normalized spacial score (nSPS) is 36.2. The molecule has 0 aromatic rings. The van der Waals surface area contributed by atoms with Gasteiger partial charge >= 0.3 is 0 Å². The van der Waals surface area contributed by atoms with E-state index in [0.29, 0.717) is 25.0 Å². The van der Waals surface area contributed by atoms with Gasteiger partial charge in [0.1, 0.15) is 0 Å². The molecule has 3 N–H and O–H groups in total. The Morgan fingerprint density at radius 3 is 2.67 bits per heavy atom. The predicted molar refractivity (Wildman–Crippen MR) is 84.0 cm³/mol. The van der Waals surface area contributed by atoms with E-state index in [2.05, 4.69) is 38.2 Å². The van der Waals surface area contributed by atoms with Crippen LogP contribution in [0, 0.1) is 17.3 Å². The van der Waals surface area contributed by atoms with Gasteiger partial charge in [0.05, 0.1) is 25.4 Å². The van der Waals surface area contributed by atoms with Crippen LogP contribution >= 0.6 is 0 Å². The third-order valence-corrected chi connectivity index (χ3v) is 5.38. The van der Waals surface area contributed by atoms with Crippen molar-refractivity contribution in [1.29, 1.82) is 0 Å². The highest BCUT2D eigenvalue weighted by Gasteiger charge is 2.46. The van der Waals surface area contributed by atoms with E-state index in [1.807, 2.05) is 0 Å². The number of nitrogens with one attached hydrogen (secondary N) is 1. The summed E-state index contributed by atoms with van der Waals surface area (Å²) in [6, 6.07) is 0.283. The maximum absolute atomic E-state index is 9.99. The highest BCUT2D eigenvalue weighted by Crippen LogP contribution is 2.40. The molecule has 2 aliphatic carbocycles. The molecule has 5 unspecified atom stereocenters. The highest BCUT2D eigenvalue weighted by molar-refractivity contribution is 5.01. The van der Waals surface area contributed by atoms with Gasteiger partial charge in [-0.15, -0.1) is 0 Å². The molecule has 2 aliphatic rings. The van der Waals surface area contributed by atoms with Gasteiger partial charge in [0.15, 0.2) is 0 Å². The Bertz CT molecular complexity index is 356. The fourth-order valence-electron chi connectivity index (χ4n) is 3.18. The van der Waals surface area contributed by atoms with E-state index in [0.717, 1.165) is 25.9 Å². The lowest BCUT2D eigenvalue weighted by atomic mass is 9.64. The fourth-order valence-corrected chi connectivity index (χ4v) is 3.18. The second-order valence-electron chi connectivity index (χ2n) is 7.41. The molecule has 0 radical (unpaired) electrons. The van der Waals surface area contributed by atoms with Gasteiger partial charge in [0, 0.05) is 18.0 Å². The third kappa shape index (κ3) is 4.28. The Balaban J connectivity index is 1.58. The Labute approximate surface area is 128 Å². The van der Waals surface area contributed by atoms with Gasteiger partial charge in [-0.1, -0.05) is 32.9 Å². The molecule has 0 heterocycles. The Morgan fingerprint density at radius 2 is 2.05 bits per heavy atom. The van der Waals surface area contributed by atoms with Gasteiger partial charge in [0.2, 0.25) is 0 Å². The summed E-state index contributed by atoms with van der Waals surface area (Å²) in [6.07, 6.45) is 6.76. The standard InChI is InChI=1S/C17H31NO3/c1-12-6-4-5-7-13(12)10-21-11-14(19)9-18-15-8-16(20)17(15,2)3/h4-5,12-16,18-20H,6-11H2,1-3H3. The minimum Gasteiger partial charge on any atom is -0.392 e. The Kier molecular flexibility index (Phi) is 5.83. The van der Waals surface area contributed by atoms with E-state index in [4.69, 9.17) is 4.74 Å². The zero-order valence-electron chi connectivity index (χ0n) is 13.6. The summed E-state index contributed by atoms with van der Waals surface area (Å²) in [5, 5.41) is 23.0. The zero-order valence-corrected chi connectivity index (χ0v) is 13.6. The monoisotopic (exact) mass is 297 g/mol. The van der Waals surface area contributed by atoms with E-state index >= 15 is 0 Å². The summed E-state index contributed by atoms with van der Waals surface area (Å²) in [7, 11) is 0. The molecule has 21 heavy (non-hydrogen) atoms. The van der Waals surface area contributed by atoms with Crippen molar-refractivity contribution in [3.63, 3.8) is 0 Å². The molecular weight excluding hydrogens is 266 g/mol. The average Bonchev–Trinajstić information content (AvgIpc) is 2.45. The van der Waals surface area contributed by atoms with Crippen LogP contribution in [0.3, 0.4) is 0 Å². The average molecular weight is 297 g/mol. The van der Waals surface area contributed by atoms with Gasteiger partial charge in [0.25, 0.3) is 0 Å². The first-order valence-corrected chi connectivity index (χ1v) is 8.23. The van der Waals surface area contributed by atoms with Gasteiger partial charge in [-0.3, -0.25) is 0 Å². The summed E-state index contributed by atoms with van der Waals surface area (Å²) in [5.41, 5.74) is -0.0928. The van der Waals surface area contributed by atoms with Crippen LogP contribution in [0.5, 0.6) is 0 Å². The predicted octanol–water partition coefficient (Wildman–Crippen LogP) is 1.72. The minimum atomic E-state index is -0.479. The summed E-state index contributed by atoms with van der Waals surface area (Å²) >= 11 is 0. The largest absolute Gasteiger partial charge is 0.392 e. The smallest absolute Gasteiger partial charge is 0.0897 e. The SMILES string of the molecule is CC1CC=CCC1COCC(O)CNC1CC(O)C1(C)C. The van der Waals surface area contributed by atoms with E-state index in [9.17, 15) is 10.2 Å². The van der Waals surface area contributed by atoms with Crippen molar-refractivity contribution in [3.8, 4) is 0 Å². The van der Waals surface area contributed by atoms with Crippen LogP contribution in [0.25, 0.3) is 0 Å². The number of rotatable bonds is 7. The summed E-state index contributed by atoms with van der Waals surface area (Å²) in [4.78, 5) is 0. The van der Waals surface area contributed by atoms with Crippen molar-refractivity contribution in [3.05, 3.63) is 12.2 Å². The Morgan fingerprint density at radius 1 is 1.33 bits per heavy atom. The molecule has 0 aromatic heterocycles. The zero-order chi connectivity index (χ0) is 15.5. The Hall–Kier alpha value is -0.420. The van der Waals surface area contributed by atoms with Crippen LogP contribution < -0.4 is 5.32 Å². The number of ether oxygens (including phenoxy) is 1. The van der Waals surface area contributed by atoms with Crippen molar-refractivity contribution in [2.24, 2.45) is 17.3 Å². The van der Waals surface area contributed by atoms with Crippen molar-refractivity contribution in [1.82, 2.24) is 5.32 Å². The van der Waals surface area contributed by atoms with Crippen molar-refractivity contribution < 1.29 is 14.9 Å². The number of allylic oxidation sites excluding steroid dienone is 2. The molecule has 122 valence electrons. The number of aliphatic hydroxyl groups excluding tert-OH is 2. The summed E-state index contributed by atoms with van der Waals surface area (Å²) < 4.78 is 5.69. The minimum absolute atomic E-state index is 0.0928. The number of hydrogen-bond donors (Lipinski definition) is 3. The van der Waals surface area contributed by atoms with Gasteiger partial charge in [-0.2, -0.15) is 0 Å². The molecule has 1 saturated carbocycles. The van der Waals surface area contributed by atoms with Gasteiger partial charge < -0.3 is 20.3 Å². The van der Waals surface area contributed by atoms with E-state index in [1.165, 1.54) is 0 Å². The van der Waals surface area contributed by atoms with Crippen LogP contribution in [-0.2, 0) is 4.74 Å². The van der Waals surface area contributed by atoms with Crippen molar-refractivity contribution in [2.75, 3.05) is 19.8 Å². The lowest BCUT2D eigenvalue weighted by molar-refractivity contribution is -0.0771. The van der Waals surface area contributed by atoms with Gasteiger partial charge in [-0.25, -0.2) is 0 Å². The maximum atomic E-state index is 9.99. The van der Waals surface area contributed by atoms with Gasteiger partial charge in [-0.05, 0) is 31.1 Å². The van der Waals surface area contributed by atoms with Crippen LogP contribution in [0.15, 0.2) is 12.2 Å². The molecule has 0 saturated heterocycles. The first kappa shape index (κ1) is 16.9. The lowest BCUT2D eigenvalue weighted by Gasteiger charge is -2.49. The number of hydrogen-bond acceptors (Lipinski definition) is 4. The second-order valence-corrected chi connectivity index (χ2v) is 7.41.